The van der Waals surface area contributed by atoms with Crippen molar-refractivity contribution in [2.24, 2.45) is 0 Å². The standard InChI is InChI=1S/C19H25N5O3.ClH/c1-2-27-16-7-5-14(6-8-16)22-18(25)13-21-19(26)17-9-11-24(23-17)15-4-3-10-20-12-15;/h5-9,11,15,20H,2-4,10,12-13H2,1H3,(H,21,26)(H,22,25);1H. The van der Waals surface area contributed by atoms with E-state index in [1.54, 1.807) is 30.3 Å². The second-order valence-corrected chi connectivity index (χ2v) is 6.37. The maximum Gasteiger partial charge on any atom is 0.272 e. The lowest BCUT2D eigenvalue weighted by Crippen LogP contribution is -2.34. The molecule has 28 heavy (non-hydrogen) atoms. The van der Waals surface area contributed by atoms with Crippen LogP contribution in [0.4, 0.5) is 5.69 Å². The maximum absolute atomic E-state index is 12.2. The number of amides is 2. The van der Waals surface area contributed by atoms with Crippen LogP contribution in [0.15, 0.2) is 36.5 Å². The van der Waals surface area contributed by atoms with Crippen LogP contribution in [0.2, 0.25) is 0 Å². The van der Waals surface area contributed by atoms with Gasteiger partial charge in [0.1, 0.15) is 11.4 Å². The Balaban J connectivity index is 0.00000280. The first-order chi connectivity index (χ1) is 13.2. The largest absolute Gasteiger partial charge is 0.494 e. The highest BCUT2D eigenvalue weighted by Gasteiger charge is 2.18. The Morgan fingerprint density at radius 2 is 2.07 bits per heavy atom. The van der Waals surface area contributed by atoms with Gasteiger partial charge in [0.2, 0.25) is 5.91 Å². The highest BCUT2D eigenvalue weighted by atomic mass is 35.5. The Morgan fingerprint density at radius 1 is 1.29 bits per heavy atom. The SMILES string of the molecule is CCOc1ccc(NC(=O)CNC(=O)c2ccn(C3CCCNC3)n2)cc1.Cl. The molecule has 0 bridgehead atoms. The van der Waals surface area contributed by atoms with Gasteiger partial charge >= 0.3 is 0 Å². The molecule has 9 heteroatoms. The van der Waals surface area contributed by atoms with E-state index in [0.29, 0.717) is 18.0 Å². The molecule has 1 aliphatic heterocycles. The first-order valence-corrected chi connectivity index (χ1v) is 9.22. The number of hydrogen-bond acceptors (Lipinski definition) is 5. The van der Waals surface area contributed by atoms with Gasteiger partial charge in [-0.05, 0) is 56.6 Å². The molecule has 0 radical (unpaired) electrons. The lowest BCUT2D eigenvalue weighted by molar-refractivity contribution is -0.115. The van der Waals surface area contributed by atoms with E-state index < -0.39 is 0 Å². The van der Waals surface area contributed by atoms with Gasteiger partial charge < -0.3 is 20.7 Å². The molecular formula is C19H26ClN5O3. The molecule has 2 amide bonds. The van der Waals surface area contributed by atoms with Gasteiger partial charge in [-0.1, -0.05) is 0 Å². The molecule has 3 rings (SSSR count). The van der Waals surface area contributed by atoms with Crippen molar-refractivity contribution in [1.82, 2.24) is 20.4 Å². The van der Waals surface area contributed by atoms with E-state index in [9.17, 15) is 9.59 Å². The van der Waals surface area contributed by atoms with Crippen LogP contribution in [0.25, 0.3) is 0 Å². The van der Waals surface area contributed by atoms with Gasteiger partial charge in [-0.25, -0.2) is 0 Å². The average molecular weight is 408 g/mol. The highest BCUT2D eigenvalue weighted by molar-refractivity contribution is 5.98. The van der Waals surface area contributed by atoms with E-state index in [4.69, 9.17) is 4.74 Å². The Morgan fingerprint density at radius 3 is 2.75 bits per heavy atom. The summed E-state index contributed by atoms with van der Waals surface area (Å²) >= 11 is 0. The van der Waals surface area contributed by atoms with Crippen molar-refractivity contribution in [3.8, 4) is 5.75 Å². The summed E-state index contributed by atoms with van der Waals surface area (Å²) in [5, 5.41) is 13.0. The molecule has 8 nitrogen and oxygen atoms in total. The molecule has 0 saturated carbocycles. The first-order valence-electron chi connectivity index (χ1n) is 9.22. The third kappa shape index (κ3) is 5.97. The normalized spacial score (nSPS) is 16.0. The third-order valence-corrected chi connectivity index (χ3v) is 4.34. The average Bonchev–Trinajstić information content (AvgIpc) is 3.19. The molecule has 3 N–H and O–H groups in total. The Labute approximate surface area is 170 Å². The molecular weight excluding hydrogens is 382 g/mol. The molecule has 0 spiro atoms. The van der Waals surface area contributed by atoms with Crippen LogP contribution in [0.3, 0.4) is 0 Å². The summed E-state index contributed by atoms with van der Waals surface area (Å²) in [6.45, 7) is 4.25. The van der Waals surface area contributed by atoms with Gasteiger partial charge in [-0.15, -0.1) is 12.4 Å². The number of piperidine rings is 1. The lowest BCUT2D eigenvalue weighted by atomic mass is 10.1. The van der Waals surface area contributed by atoms with E-state index >= 15 is 0 Å². The van der Waals surface area contributed by atoms with Gasteiger partial charge in [0, 0.05) is 18.4 Å². The van der Waals surface area contributed by atoms with E-state index in [-0.39, 0.29) is 36.8 Å². The summed E-state index contributed by atoms with van der Waals surface area (Å²) in [5.41, 5.74) is 0.959. The van der Waals surface area contributed by atoms with Crippen LogP contribution in [0.1, 0.15) is 36.3 Å². The van der Waals surface area contributed by atoms with Crippen molar-refractivity contribution in [2.45, 2.75) is 25.8 Å². The minimum Gasteiger partial charge on any atom is -0.494 e. The number of nitrogens with zero attached hydrogens (tertiary/aromatic N) is 2. The molecule has 1 aromatic heterocycles. The summed E-state index contributed by atoms with van der Waals surface area (Å²) < 4.78 is 7.18. The zero-order valence-electron chi connectivity index (χ0n) is 15.8. The number of hydrogen-bond donors (Lipinski definition) is 3. The zero-order valence-corrected chi connectivity index (χ0v) is 16.6. The number of ether oxygens (including phenoxy) is 1. The van der Waals surface area contributed by atoms with E-state index in [1.165, 1.54) is 0 Å². The fourth-order valence-electron chi connectivity index (χ4n) is 2.98. The van der Waals surface area contributed by atoms with Crippen LogP contribution < -0.4 is 20.7 Å². The van der Waals surface area contributed by atoms with Gasteiger partial charge in [-0.2, -0.15) is 5.10 Å². The number of aromatic nitrogens is 2. The quantitative estimate of drug-likeness (QED) is 0.652. The Kier molecular flexibility index (Phi) is 8.28. The van der Waals surface area contributed by atoms with Crippen molar-refractivity contribution in [3.63, 3.8) is 0 Å². The molecule has 1 atom stereocenters. The topological polar surface area (TPSA) is 97.3 Å². The fraction of sp³-hybridized carbons (Fsp3) is 0.421. The number of benzene rings is 1. The van der Waals surface area contributed by atoms with Crippen molar-refractivity contribution < 1.29 is 14.3 Å². The van der Waals surface area contributed by atoms with E-state index in [2.05, 4.69) is 21.0 Å². The number of rotatable bonds is 7. The molecule has 1 saturated heterocycles. The van der Waals surface area contributed by atoms with E-state index in [0.717, 1.165) is 31.7 Å². The van der Waals surface area contributed by atoms with Gasteiger partial charge in [0.15, 0.2) is 0 Å². The van der Waals surface area contributed by atoms with Crippen LogP contribution in [-0.2, 0) is 4.79 Å². The molecule has 1 aromatic carbocycles. The minimum absolute atomic E-state index is 0. The predicted molar refractivity (Wildman–Crippen MR) is 109 cm³/mol. The number of anilines is 1. The van der Waals surface area contributed by atoms with Gasteiger partial charge in [0.05, 0.1) is 19.2 Å². The van der Waals surface area contributed by atoms with Crippen LogP contribution in [0.5, 0.6) is 5.75 Å². The van der Waals surface area contributed by atoms with Crippen molar-refractivity contribution in [3.05, 3.63) is 42.2 Å². The van der Waals surface area contributed by atoms with Gasteiger partial charge in [0.25, 0.3) is 5.91 Å². The summed E-state index contributed by atoms with van der Waals surface area (Å²) in [4.78, 5) is 24.2. The van der Waals surface area contributed by atoms with Crippen molar-refractivity contribution in [1.29, 1.82) is 0 Å². The first kappa shape index (κ1) is 21.7. The molecule has 0 aliphatic carbocycles. The summed E-state index contributed by atoms with van der Waals surface area (Å²) in [6, 6.07) is 9.02. The second-order valence-electron chi connectivity index (χ2n) is 6.37. The lowest BCUT2D eigenvalue weighted by Gasteiger charge is -2.22. The van der Waals surface area contributed by atoms with Crippen molar-refractivity contribution in [2.75, 3.05) is 31.6 Å². The smallest absolute Gasteiger partial charge is 0.272 e. The monoisotopic (exact) mass is 407 g/mol. The van der Waals surface area contributed by atoms with Crippen LogP contribution >= 0.6 is 12.4 Å². The van der Waals surface area contributed by atoms with Crippen molar-refractivity contribution >= 4 is 29.9 Å². The molecule has 152 valence electrons. The maximum atomic E-state index is 12.2. The summed E-state index contributed by atoms with van der Waals surface area (Å²) in [7, 11) is 0. The van der Waals surface area contributed by atoms with Crippen LogP contribution in [0, 0.1) is 0 Å². The minimum atomic E-state index is -0.362. The zero-order chi connectivity index (χ0) is 19.1. The van der Waals surface area contributed by atoms with E-state index in [1.807, 2.05) is 17.8 Å². The molecule has 2 aromatic rings. The number of carbonyl (C=O) groups is 2. The molecule has 1 unspecified atom stereocenters. The Hall–Kier alpha value is -2.58. The van der Waals surface area contributed by atoms with Gasteiger partial charge in [-0.3, -0.25) is 14.3 Å². The summed E-state index contributed by atoms with van der Waals surface area (Å²) in [6.07, 6.45) is 3.95. The predicted octanol–water partition coefficient (Wildman–Crippen LogP) is 2.00. The molecule has 1 aliphatic rings. The van der Waals surface area contributed by atoms with Crippen LogP contribution in [-0.4, -0.2) is 47.8 Å². The molecule has 1 fully saturated rings. The second kappa shape index (κ2) is 10.7. The fourth-order valence-corrected chi connectivity index (χ4v) is 2.98. The Bertz CT molecular complexity index is 772. The number of carbonyl (C=O) groups excluding carboxylic acids is 2. The number of halogens is 1. The number of nitrogens with one attached hydrogen (secondary N) is 3. The highest BCUT2D eigenvalue weighted by Crippen LogP contribution is 2.16. The third-order valence-electron chi connectivity index (χ3n) is 4.34. The molecule has 2 heterocycles. The summed E-state index contributed by atoms with van der Waals surface area (Å²) in [5.74, 6) is 0.0790.